The number of nitrogens with one attached hydrogen (secondary N) is 1. The standard InChI is InChI=1S/C12H15ClN2O4/c1-3-19-12(16)8(2)14-7-9-10(13)5-4-6-11(9)15(17)18/h4-6,8,14H,3,7H2,1-2H3/t8-/m0/s1. The summed E-state index contributed by atoms with van der Waals surface area (Å²) in [5.41, 5.74) is 0.279. The van der Waals surface area contributed by atoms with E-state index in [1.807, 2.05) is 0 Å². The van der Waals surface area contributed by atoms with E-state index in [-0.39, 0.29) is 23.9 Å². The number of nitro groups is 1. The van der Waals surface area contributed by atoms with Crippen LogP contribution in [0.25, 0.3) is 0 Å². The van der Waals surface area contributed by atoms with Gasteiger partial charge in [-0.3, -0.25) is 14.9 Å². The summed E-state index contributed by atoms with van der Waals surface area (Å²) in [6, 6.07) is 3.90. The Morgan fingerprint density at radius 1 is 1.58 bits per heavy atom. The lowest BCUT2D eigenvalue weighted by Gasteiger charge is -2.13. The van der Waals surface area contributed by atoms with Crippen molar-refractivity contribution in [2.75, 3.05) is 6.61 Å². The largest absolute Gasteiger partial charge is 0.465 e. The Morgan fingerprint density at radius 2 is 2.26 bits per heavy atom. The van der Waals surface area contributed by atoms with Crippen molar-refractivity contribution in [1.29, 1.82) is 0 Å². The number of hydrogen-bond acceptors (Lipinski definition) is 5. The molecule has 0 saturated carbocycles. The minimum atomic E-state index is -0.559. The number of ether oxygens (including phenoxy) is 1. The van der Waals surface area contributed by atoms with Crippen LogP contribution in [-0.2, 0) is 16.1 Å². The molecule has 0 aliphatic rings. The number of benzene rings is 1. The second-order valence-electron chi connectivity index (χ2n) is 3.85. The number of hydrogen-bond donors (Lipinski definition) is 1. The lowest BCUT2D eigenvalue weighted by atomic mass is 10.1. The van der Waals surface area contributed by atoms with Crippen LogP contribution >= 0.6 is 11.6 Å². The average Bonchev–Trinajstić information content (AvgIpc) is 2.36. The summed E-state index contributed by atoms with van der Waals surface area (Å²) >= 11 is 5.94. The quantitative estimate of drug-likeness (QED) is 0.493. The molecule has 0 heterocycles. The third kappa shape index (κ3) is 4.18. The van der Waals surface area contributed by atoms with Gasteiger partial charge < -0.3 is 10.1 Å². The minimum Gasteiger partial charge on any atom is -0.465 e. The number of carbonyl (C=O) groups is 1. The number of halogens is 1. The maximum atomic E-state index is 11.4. The lowest BCUT2D eigenvalue weighted by molar-refractivity contribution is -0.385. The van der Waals surface area contributed by atoms with Crippen molar-refractivity contribution in [3.63, 3.8) is 0 Å². The van der Waals surface area contributed by atoms with E-state index in [1.165, 1.54) is 12.1 Å². The topological polar surface area (TPSA) is 81.5 Å². The summed E-state index contributed by atoms with van der Waals surface area (Å²) in [5, 5.41) is 14.0. The molecule has 1 aromatic carbocycles. The number of rotatable bonds is 6. The average molecular weight is 287 g/mol. The van der Waals surface area contributed by atoms with Gasteiger partial charge in [0.25, 0.3) is 5.69 Å². The second kappa shape index (κ2) is 7.06. The van der Waals surface area contributed by atoms with Gasteiger partial charge in [-0.05, 0) is 19.9 Å². The van der Waals surface area contributed by atoms with Crippen molar-refractivity contribution in [2.45, 2.75) is 26.4 Å². The van der Waals surface area contributed by atoms with Crippen LogP contribution < -0.4 is 5.32 Å². The molecule has 0 aromatic heterocycles. The van der Waals surface area contributed by atoms with E-state index in [9.17, 15) is 14.9 Å². The summed E-state index contributed by atoms with van der Waals surface area (Å²) in [4.78, 5) is 21.8. The zero-order valence-corrected chi connectivity index (χ0v) is 11.4. The molecule has 0 amide bonds. The molecule has 0 spiro atoms. The fourth-order valence-electron chi connectivity index (χ4n) is 1.50. The van der Waals surface area contributed by atoms with Gasteiger partial charge in [0.05, 0.1) is 22.1 Å². The fourth-order valence-corrected chi connectivity index (χ4v) is 1.74. The van der Waals surface area contributed by atoms with Crippen molar-refractivity contribution < 1.29 is 14.5 Å². The molecule has 0 radical (unpaired) electrons. The molecule has 0 aliphatic heterocycles. The molecule has 1 aromatic rings. The van der Waals surface area contributed by atoms with Gasteiger partial charge >= 0.3 is 5.97 Å². The molecule has 6 nitrogen and oxygen atoms in total. The van der Waals surface area contributed by atoms with Crippen LogP contribution in [0.5, 0.6) is 0 Å². The fraction of sp³-hybridized carbons (Fsp3) is 0.417. The van der Waals surface area contributed by atoms with Gasteiger partial charge in [0.2, 0.25) is 0 Å². The molecular formula is C12H15ClN2O4. The van der Waals surface area contributed by atoms with Gasteiger partial charge in [0.15, 0.2) is 0 Å². The first kappa shape index (κ1) is 15.4. The smallest absolute Gasteiger partial charge is 0.322 e. The Balaban J connectivity index is 2.77. The SMILES string of the molecule is CCOC(=O)[C@H](C)NCc1c(Cl)cccc1[N+](=O)[O-]. The summed E-state index contributed by atoms with van der Waals surface area (Å²) < 4.78 is 4.83. The Morgan fingerprint density at radius 3 is 2.84 bits per heavy atom. The van der Waals surface area contributed by atoms with Gasteiger partial charge in [-0.15, -0.1) is 0 Å². The molecule has 0 saturated heterocycles. The molecule has 0 aliphatic carbocycles. The van der Waals surface area contributed by atoms with Crippen LogP contribution in [-0.4, -0.2) is 23.5 Å². The highest BCUT2D eigenvalue weighted by atomic mass is 35.5. The number of nitro benzene ring substituents is 1. The van der Waals surface area contributed by atoms with Crippen LogP contribution in [0.4, 0.5) is 5.69 Å². The molecule has 0 fully saturated rings. The van der Waals surface area contributed by atoms with Crippen molar-refractivity contribution in [1.82, 2.24) is 5.32 Å². The number of carbonyl (C=O) groups excluding carboxylic acids is 1. The van der Waals surface area contributed by atoms with Crippen LogP contribution in [0.15, 0.2) is 18.2 Å². The second-order valence-corrected chi connectivity index (χ2v) is 4.26. The minimum absolute atomic E-state index is 0.0731. The van der Waals surface area contributed by atoms with E-state index in [0.717, 1.165) is 0 Å². The van der Waals surface area contributed by atoms with Gasteiger partial charge in [0.1, 0.15) is 6.04 Å². The van der Waals surface area contributed by atoms with Crippen molar-refractivity contribution in [3.05, 3.63) is 38.9 Å². The highest BCUT2D eigenvalue weighted by Crippen LogP contribution is 2.25. The van der Waals surface area contributed by atoms with E-state index >= 15 is 0 Å². The zero-order valence-electron chi connectivity index (χ0n) is 10.7. The van der Waals surface area contributed by atoms with Crippen molar-refractivity contribution >= 4 is 23.3 Å². The van der Waals surface area contributed by atoms with E-state index in [4.69, 9.17) is 16.3 Å². The Bertz CT molecular complexity index is 479. The molecule has 104 valence electrons. The van der Waals surface area contributed by atoms with Gasteiger partial charge in [0, 0.05) is 12.6 Å². The van der Waals surface area contributed by atoms with Gasteiger partial charge in [-0.25, -0.2) is 0 Å². The Hall–Kier alpha value is -1.66. The molecule has 1 N–H and O–H groups in total. The van der Waals surface area contributed by atoms with Crippen LogP contribution in [0.1, 0.15) is 19.4 Å². The molecule has 1 atom stereocenters. The zero-order chi connectivity index (χ0) is 14.4. The van der Waals surface area contributed by atoms with Crippen LogP contribution in [0, 0.1) is 10.1 Å². The maximum Gasteiger partial charge on any atom is 0.322 e. The van der Waals surface area contributed by atoms with E-state index < -0.39 is 16.9 Å². The van der Waals surface area contributed by atoms with Gasteiger partial charge in [-0.1, -0.05) is 17.7 Å². The summed E-state index contributed by atoms with van der Waals surface area (Å²) in [7, 11) is 0. The summed E-state index contributed by atoms with van der Waals surface area (Å²) in [6.07, 6.45) is 0. The first-order chi connectivity index (χ1) is 8.97. The highest BCUT2D eigenvalue weighted by Gasteiger charge is 2.19. The highest BCUT2D eigenvalue weighted by molar-refractivity contribution is 6.31. The molecular weight excluding hydrogens is 272 g/mol. The van der Waals surface area contributed by atoms with Crippen molar-refractivity contribution in [3.8, 4) is 0 Å². The third-order valence-corrected chi connectivity index (χ3v) is 2.87. The van der Waals surface area contributed by atoms with E-state index in [2.05, 4.69) is 5.32 Å². The monoisotopic (exact) mass is 286 g/mol. The Kier molecular flexibility index (Phi) is 5.72. The van der Waals surface area contributed by atoms with Crippen LogP contribution in [0.3, 0.4) is 0 Å². The van der Waals surface area contributed by atoms with Gasteiger partial charge in [-0.2, -0.15) is 0 Å². The first-order valence-corrected chi connectivity index (χ1v) is 6.17. The molecule has 7 heteroatoms. The Labute approximate surface area is 115 Å². The third-order valence-electron chi connectivity index (χ3n) is 2.52. The van der Waals surface area contributed by atoms with E-state index in [0.29, 0.717) is 5.56 Å². The predicted octanol–water partition coefficient (Wildman–Crippen LogP) is 2.29. The maximum absolute atomic E-state index is 11.4. The molecule has 1 rings (SSSR count). The molecule has 0 unspecified atom stereocenters. The molecule has 0 bridgehead atoms. The normalized spacial score (nSPS) is 11.9. The molecule has 19 heavy (non-hydrogen) atoms. The predicted molar refractivity (Wildman–Crippen MR) is 71.0 cm³/mol. The van der Waals surface area contributed by atoms with E-state index in [1.54, 1.807) is 19.9 Å². The number of esters is 1. The lowest BCUT2D eigenvalue weighted by Crippen LogP contribution is -2.35. The van der Waals surface area contributed by atoms with Crippen molar-refractivity contribution in [2.24, 2.45) is 0 Å². The summed E-state index contributed by atoms with van der Waals surface area (Å²) in [5.74, 6) is -0.405. The summed E-state index contributed by atoms with van der Waals surface area (Å²) in [6.45, 7) is 3.75. The van der Waals surface area contributed by atoms with Crippen LogP contribution in [0.2, 0.25) is 5.02 Å². The first-order valence-electron chi connectivity index (χ1n) is 5.79. The number of nitrogens with zero attached hydrogens (tertiary/aromatic N) is 1.